The zero-order valence-corrected chi connectivity index (χ0v) is 21.3. The first-order valence-corrected chi connectivity index (χ1v) is 12.6. The molecule has 2 aromatic carbocycles. The van der Waals surface area contributed by atoms with Gasteiger partial charge in [0.1, 0.15) is 16.5 Å². The summed E-state index contributed by atoms with van der Waals surface area (Å²) in [6.07, 6.45) is 0.847. The van der Waals surface area contributed by atoms with Gasteiger partial charge in [-0.15, -0.1) is 11.3 Å². The molecule has 0 bridgehead atoms. The average molecular weight is 527 g/mol. The van der Waals surface area contributed by atoms with Crippen LogP contribution in [0.25, 0.3) is 10.2 Å². The Kier molecular flexibility index (Phi) is 8.90. The van der Waals surface area contributed by atoms with Crippen molar-refractivity contribution in [2.45, 2.75) is 25.8 Å². The maximum atomic E-state index is 13.2. The van der Waals surface area contributed by atoms with Gasteiger partial charge in [0.25, 0.3) is 5.91 Å². The monoisotopic (exact) mass is 526 g/mol. The van der Waals surface area contributed by atoms with Gasteiger partial charge in [0.05, 0.1) is 25.2 Å². The van der Waals surface area contributed by atoms with Crippen molar-refractivity contribution in [2.24, 2.45) is 0 Å². The van der Waals surface area contributed by atoms with Crippen molar-refractivity contribution in [3.05, 3.63) is 104 Å². The number of hydrogen-bond donors (Lipinski definition) is 2. The summed E-state index contributed by atoms with van der Waals surface area (Å²) < 4.78 is 12.8. The van der Waals surface area contributed by atoms with Gasteiger partial charge in [-0.05, 0) is 29.3 Å². The maximum absolute atomic E-state index is 13.2. The molecule has 0 unspecified atom stereocenters. The number of halogens is 1. The van der Waals surface area contributed by atoms with Gasteiger partial charge in [0.15, 0.2) is 0 Å². The second-order valence-corrected chi connectivity index (χ2v) is 9.79. The normalized spacial score (nSPS) is 12.1. The molecule has 2 aromatic heterocycles. The lowest BCUT2D eigenvalue weighted by atomic mass is 10.1. The number of amides is 1. The Morgan fingerprint density at radius 3 is 2.64 bits per heavy atom. The molecule has 4 rings (SSSR count). The molecule has 0 spiro atoms. The van der Waals surface area contributed by atoms with E-state index >= 15 is 0 Å². The summed E-state index contributed by atoms with van der Waals surface area (Å²) >= 11 is 7.35. The molecule has 2 heterocycles. The van der Waals surface area contributed by atoms with Crippen LogP contribution in [0.5, 0.6) is 0 Å². The third-order valence-electron chi connectivity index (χ3n) is 5.65. The van der Waals surface area contributed by atoms with E-state index in [4.69, 9.17) is 21.1 Å². The summed E-state index contributed by atoms with van der Waals surface area (Å²) in [4.78, 5) is 27.7. The lowest BCUT2D eigenvalue weighted by molar-refractivity contribution is 0.0287. The summed E-state index contributed by atoms with van der Waals surface area (Å²) in [6.45, 7) is 1.56. The van der Waals surface area contributed by atoms with Gasteiger partial charge in [0.2, 0.25) is 5.43 Å². The first kappa shape index (κ1) is 26.1. The SMILES string of the molecule is COCCn1cc(C(=O)NCc2ccc(Cl)cc2)c(=O)c2cc(COC[C@H](O)c3ccccc3)sc21. The van der Waals surface area contributed by atoms with Crippen molar-refractivity contribution in [3.63, 3.8) is 0 Å². The Labute approximate surface area is 217 Å². The van der Waals surface area contributed by atoms with Gasteiger partial charge in [-0.2, -0.15) is 0 Å². The predicted octanol–water partition coefficient (Wildman–Crippen LogP) is 4.54. The van der Waals surface area contributed by atoms with Crippen molar-refractivity contribution in [1.82, 2.24) is 9.88 Å². The number of nitrogens with one attached hydrogen (secondary N) is 1. The maximum Gasteiger partial charge on any atom is 0.257 e. The molecule has 0 saturated carbocycles. The lowest BCUT2D eigenvalue weighted by Gasteiger charge is -2.11. The molecular weight excluding hydrogens is 500 g/mol. The van der Waals surface area contributed by atoms with Crippen molar-refractivity contribution < 1.29 is 19.4 Å². The molecule has 2 N–H and O–H groups in total. The third-order valence-corrected chi connectivity index (χ3v) is 7.05. The minimum atomic E-state index is -0.738. The van der Waals surface area contributed by atoms with Crippen LogP contribution in [-0.4, -0.2) is 35.9 Å². The number of thiophene rings is 1. The van der Waals surface area contributed by atoms with E-state index < -0.39 is 12.0 Å². The van der Waals surface area contributed by atoms with Gasteiger partial charge in [0, 0.05) is 36.3 Å². The third kappa shape index (κ3) is 6.40. The number of methoxy groups -OCH3 is 1. The van der Waals surface area contributed by atoms with E-state index in [1.807, 2.05) is 47.0 Å². The van der Waals surface area contributed by atoms with Crippen LogP contribution >= 0.6 is 22.9 Å². The van der Waals surface area contributed by atoms with E-state index in [1.165, 1.54) is 11.3 Å². The van der Waals surface area contributed by atoms with E-state index in [-0.39, 0.29) is 30.8 Å². The Morgan fingerprint density at radius 2 is 1.92 bits per heavy atom. The van der Waals surface area contributed by atoms with Gasteiger partial charge in [-0.1, -0.05) is 54.1 Å². The van der Waals surface area contributed by atoms with Crippen molar-refractivity contribution >= 4 is 39.1 Å². The summed E-state index contributed by atoms with van der Waals surface area (Å²) in [5.74, 6) is -0.446. The Bertz CT molecular complexity index is 1370. The van der Waals surface area contributed by atoms with Crippen LogP contribution in [-0.2, 0) is 29.2 Å². The van der Waals surface area contributed by atoms with Crippen molar-refractivity contribution in [2.75, 3.05) is 20.3 Å². The highest BCUT2D eigenvalue weighted by atomic mass is 35.5. The van der Waals surface area contributed by atoms with Gasteiger partial charge >= 0.3 is 0 Å². The number of benzene rings is 2. The Hall–Kier alpha value is -3.01. The molecule has 0 radical (unpaired) electrons. The Morgan fingerprint density at radius 1 is 1.17 bits per heavy atom. The van der Waals surface area contributed by atoms with E-state index in [0.29, 0.717) is 23.6 Å². The van der Waals surface area contributed by atoms with E-state index in [9.17, 15) is 14.7 Å². The average Bonchev–Trinajstić information content (AvgIpc) is 3.33. The van der Waals surface area contributed by atoms with Gasteiger partial charge in [-0.25, -0.2) is 0 Å². The first-order chi connectivity index (χ1) is 17.5. The zero-order chi connectivity index (χ0) is 25.5. The molecule has 0 aliphatic heterocycles. The van der Waals surface area contributed by atoms with Crippen LogP contribution in [0, 0.1) is 0 Å². The fraction of sp³-hybridized carbons (Fsp3) is 0.259. The zero-order valence-electron chi connectivity index (χ0n) is 19.8. The predicted molar refractivity (Wildman–Crippen MR) is 142 cm³/mol. The molecule has 36 heavy (non-hydrogen) atoms. The molecule has 0 saturated heterocycles. The molecule has 9 heteroatoms. The van der Waals surface area contributed by atoms with Crippen LogP contribution in [0.1, 0.15) is 32.5 Å². The van der Waals surface area contributed by atoms with Crippen LogP contribution in [0.4, 0.5) is 0 Å². The smallest absolute Gasteiger partial charge is 0.257 e. The Balaban J connectivity index is 1.52. The number of fused-ring (bicyclic) bond motifs is 1. The molecule has 1 atom stereocenters. The highest BCUT2D eigenvalue weighted by molar-refractivity contribution is 7.18. The fourth-order valence-corrected chi connectivity index (χ4v) is 4.95. The standard InChI is InChI=1S/C27H27ClN2O5S/c1-34-12-11-30-15-23(26(33)29-14-18-7-9-20(28)10-8-18)25(32)22-13-21(36-27(22)30)16-35-17-24(31)19-5-3-2-4-6-19/h2-10,13,15,24,31H,11-12,14,16-17H2,1H3,(H,29,33)/t24-/m0/s1. The summed E-state index contributed by atoms with van der Waals surface area (Å²) in [5, 5.41) is 14.2. The molecular formula is C27H27ClN2O5S. The van der Waals surface area contributed by atoms with E-state index in [0.717, 1.165) is 20.8 Å². The highest BCUT2D eigenvalue weighted by Gasteiger charge is 2.18. The molecule has 0 aliphatic carbocycles. The molecule has 1 amide bonds. The number of hydrogen-bond acceptors (Lipinski definition) is 6. The number of ether oxygens (including phenoxy) is 2. The highest BCUT2D eigenvalue weighted by Crippen LogP contribution is 2.25. The number of nitrogens with zero attached hydrogens (tertiary/aromatic N) is 1. The van der Waals surface area contributed by atoms with Crippen LogP contribution in [0.2, 0.25) is 5.02 Å². The lowest BCUT2D eigenvalue weighted by Crippen LogP contribution is -2.29. The number of aliphatic hydroxyl groups excluding tert-OH is 1. The number of rotatable bonds is 11. The van der Waals surface area contributed by atoms with Crippen LogP contribution in [0.3, 0.4) is 0 Å². The molecule has 0 fully saturated rings. The quantitative estimate of drug-likeness (QED) is 0.299. The number of carbonyl (C=O) groups excluding carboxylic acids is 1. The van der Waals surface area contributed by atoms with Crippen LogP contribution < -0.4 is 10.7 Å². The van der Waals surface area contributed by atoms with E-state index in [2.05, 4.69) is 5.32 Å². The largest absolute Gasteiger partial charge is 0.386 e. The first-order valence-electron chi connectivity index (χ1n) is 11.4. The summed E-state index contributed by atoms with van der Waals surface area (Å²) in [6, 6.07) is 18.2. The second kappa shape index (κ2) is 12.3. The van der Waals surface area contributed by atoms with Crippen molar-refractivity contribution in [3.8, 4) is 0 Å². The number of pyridine rings is 1. The van der Waals surface area contributed by atoms with Gasteiger partial charge < -0.3 is 24.5 Å². The van der Waals surface area contributed by atoms with Crippen LogP contribution in [0.15, 0.2) is 71.7 Å². The van der Waals surface area contributed by atoms with Gasteiger partial charge in [-0.3, -0.25) is 9.59 Å². The minimum Gasteiger partial charge on any atom is -0.386 e. The number of aromatic nitrogens is 1. The molecule has 7 nitrogen and oxygen atoms in total. The topological polar surface area (TPSA) is 89.8 Å². The minimum absolute atomic E-state index is 0.0670. The van der Waals surface area contributed by atoms with E-state index in [1.54, 1.807) is 31.5 Å². The molecule has 4 aromatic rings. The summed E-state index contributed by atoms with van der Waals surface area (Å²) in [5.41, 5.74) is 1.39. The number of aliphatic hydroxyl groups is 1. The second-order valence-electron chi connectivity index (χ2n) is 8.24. The molecule has 188 valence electrons. The van der Waals surface area contributed by atoms with Crippen molar-refractivity contribution in [1.29, 1.82) is 0 Å². The summed E-state index contributed by atoms with van der Waals surface area (Å²) in [7, 11) is 1.60. The molecule has 0 aliphatic rings. The fourth-order valence-electron chi connectivity index (χ4n) is 3.74. The number of carbonyl (C=O) groups is 1.